The smallest absolute Gasteiger partial charge is 0.275 e. The predicted molar refractivity (Wildman–Crippen MR) is 112 cm³/mol. The third kappa shape index (κ3) is 4.35. The van der Waals surface area contributed by atoms with Gasteiger partial charge in [0.1, 0.15) is 10.7 Å². The zero-order chi connectivity index (χ0) is 17.8. The maximum atomic E-state index is 12.5. The molecule has 26 heavy (non-hydrogen) atoms. The largest absolute Gasteiger partial charge is 0.321 e. The lowest BCUT2D eigenvalue weighted by atomic mass is 10.2. The number of aromatic nitrogens is 1. The van der Waals surface area contributed by atoms with Crippen molar-refractivity contribution in [1.82, 2.24) is 9.88 Å². The van der Waals surface area contributed by atoms with E-state index in [0.29, 0.717) is 5.69 Å². The summed E-state index contributed by atoms with van der Waals surface area (Å²) in [6, 6.07) is 10.1. The molecular weight excluding hydrogens is 382 g/mol. The Labute approximate surface area is 165 Å². The van der Waals surface area contributed by atoms with Gasteiger partial charge in [0.25, 0.3) is 5.91 Å². The highest BCUT2D eigenvalue weighted by molar-refractivity contribution is 7.99. The van der Waals surface area contributed by atoms with Crippen LogP contribution in [0.15, 0.2) is 46.5 Å². The van der Waals surface area contributed by atoms with Crippen LogP contribution in [0.4, 0.5) is 5.69 Å². The van der Waals surface area contributed by atoms with Crippen LogP contribution in [-0.4, -0.2) is 40.4 Å². The monoisotopic (exact) mass is 401 g/mol. The Morgan fingerprint density at radius 1 is 1.19 bits per heavy atom. The van der Waals surface area contributed by atoms with Crippen LogP contribution in [0.3, 0.4) is 0 Å². The summed E-state index contributed by atoms with van der Waals surface area (Å²) in [7, 11) is 0. The van der Waals surface area contributed by atoms with Crippen molar-refractivity contribution in [3.8, 4) is 10.6 Å². The Hall–Kier alpha value is -1.67. The van der Waals surface area contributed by atoms with Crippen LogP contribution in [-0.2, 0) is 6.54 Å². The lowest BCUT2D eigenvalue weighted by Crippen LogP contribution is -2.31. The first-order valence-corrected chi connectivity index (χ1v) is 11.4. The zero-order valence-electron chi connectivity index (χ0n) is 14.2. The number of carbonyl (C=O) groups excluding carboxylic acids is 1. The van der Waals surface area contributed by atoms with Crippen LogP contribution in [0.1, 0.15) is 16.1 Å². The van der Waals surface area contributed by atoms with Crippen LogP contribution in [0, 0.1) is 0 Å². The molecule has 4 nitrogen and oxygen atoms in total. The molecule has 1 amide bonds. The van der Waals surface area contributed by atoms with E-state index in [2.05, 4.69) is 27.3 Å². The number of amides is 1. The van der Waals surface area contributed by atoms with E-state index in [4.69, 9.17) is 0 Å². The van der Waals surface area contributed by atoms with Gasteiger partial charge in [-0.25, -0.2) is 4.98 Å². The van der Waals surface area contributed by atoms with Crippen molar-refractivity contribution >= 4 is 46.0 Å². The molecule has 4 rings (SSSR count). The number of hydrogen-bond acceptors (Lipinski definition) is 6. The van der Waals surface area contributed by atoms with Crippen LogP contribution >= 0.6 is 34.4 Å². The Bertz CT molecular complexity index is 870. The topological polar surface area (TPSA) is 45.2 Å². The number of thioether (sulfide) groups is 1. The van der Waals surface area contributed by atoms with Gasteiger partial charge in [0.2, 0.25) is 0 Å². The lowest BCUT2D eigenvalue weighted by molar-refractivity contribution is 0.102. The number of benzene rings is 1. The molecule has 0 bridgehead atoms. The minimum absolute atomic E-state index is 0.158. The molecule has 3 aromatic rings. The molecule has 2 aromatic heterocycles. The van der Waals surface area contributed by atoms with Crippen LogP contribution in [0.25, 0.3) is 10.6 Å². The van der Waals surface area contributed by atoms with Crippen molar-refractivity contribution in [3.63, 3.8) is 0 Å². The summed E-state index contributed by atoms with van der Waals surface area (Å²) in [5.74, 6) is 2.24. The Morgan fingerprint density at radius 2 is 2.08 bits per heavy atom. The number of carbonyl (C=O) groups is 1. The molecule has 0 saturated carbocycles. The van der Waals surface area contributed by atoms with Gasteiger partial charge in [-0.1, -0.05) is 12.1 Å². The lowest BCUT2D eigenvalue weighted by Gasteiger charge is -2.26. The van der Waals surface area contributed by atoms with Gasteiger partial charge in [0.15, 0.2) is 0 Å². The third-order valence-corrected chi connectivity index (χ3v) is 6.72. The molecule has 0 aliphatic carbocycles. The third-order valence-electron chi connectivity index (χ3n) is 4.20. The average molecular weight is 402 g/mol. The second kappa shape index (κ2) is 8.35. The molecule has 7 heteroatoms. The number of thiazole rings is 1. The molecule has 3 heterocycles. The SMILES string of the molecule is O=C(Nc1cccc(CN2CCSCC2)c1)c1csc(-c2ccsc2)n1. The van der Waals surface area contributed by atoms with Gasteiger partial charge in [-0.15, -0.1) is 11.3 Å². The average Bonchev–Trinajstić information content (AvgIpc) is 3.34. The molecule has 0 spiro atoms. The molecule has 1 aliphatic rings. The minimum atomic E-state index is -0.158. The Morgan fingerprint density at radius 3 is 2.88 bits per heavy atom. The number of nitrogens with zero attached hydrogens (tertiary/aromatic N) is 2. The van der Waals surface area contributed by atoms with Gasteiger partial charge < -0.3 is 5.32 Å². The zero-order valence-corrected chi connectivity index (χ0v) is 16.6. The quantitative estimate of drug-likeness (QED) is 0.675. The van der Waals surface area contributed by atoms with E-state index in [1.54, 1.807) is 11.3 Å². The molecule has 0 unspecified atom stereocenters. The van der Waals surface area contributed by atoms with Gasteiger partial charge in [-0.05, 0) is 29.1 Å². The first-order valence-electron chi connectivity index (χ1n) is 8.46. The number of hydrogen-bond donors (Lipinski definition) is 1. The summed E-state index contributed by atoms with van der Waals surface area (Å²) in [6.45, 7) is 3.19. The molecule has 1 aromatic carbocycles. The first-order chi connectivity index (χ1) is 12.8. The number of anilines is 1. The van der Waals surface area contributed by atoms with Crippen molar-refractivity contribution in [1.29, 1.82) is 0 Å². The van der Waals surface area contributed by atoms with Gasteiger partial charge in [-0.2, -0.15) is 23.1 Å². The molecule has 0 atom stereocenters. The van der Waals surface area contributed by atoms with Gasteiger partial charge in [-0.3, -0.25) is 9.69 Å². The molecular formula is C19H19N3OS3. The summed E-state index contributed by atoms with van der Waals surface area (Å²) in [6.07, 6.45) is 0. The maximum Gasteiger partial charge on any atom is 0.275 e. The molecule has 134 valence electrons. The van der Waals surface area contributed by atoms with Crippen LogP contribution in [0.5, 0.6) is 0 Å². The molecule has 1 N–H and O–H groups in total. The summed E-state index contributed by atoms with van der Waals surface area (Å²) in [5, 5.41) is 9.74. The van der Waals surface area contributed by atoms with Gasteiger partial charge in [0.05, 0.1) is 0 Å². The fraction of sp³-hybridized carbons (Fsp3) is 0.263. The van der Waals surface area contributed by atoms with E-state index >= 15 is 0 Å². The fourth-order valence-corrected chi connectivity index (χ4v) is 5.35. The minimum Gasteiger partial charge on any atom is -0.321 e. The highest BCUT2D eigenvalue weighted by Gasteiger charge is 2.14. The summed E-state index contributed by atoms with van der Waals surface area (Å²) < 4.78 is 0. The van der Waals surface area contributed by atoms with Crippen molar-refractivity contribution in [2.45, 2.75) is 6.54 Å². The van der Waals surface area contributed by atoms with Gasteiger partial charge in [0, 0.05) is 53.2 Å². The maximum absolute atomic E-state index is 12.5. The van der Waals surface area contributed by atoms with E-state index < -0.39 is 0 Å². The number of nitrogens with one attached hydrogen (secondary N) is 1. The second-order valence-electron chi connectivity index (χ2n) is 6.09. The first kappa shape index (κ1) is 17.7. The van der Waals surface area contributed by atoms with Crippen molar-refractivity contribution < 1.29 is 4.79 Å². The summed E-state index contributed by atoms with van der Waals surface area (Å²) in [4.78, 5) is 19.5. The Kier molecular flexibility index (Phi) is 5.69. The molecule has 1 aliphatic heterocycles. The molecule has 1 fully saturated rings. The number of thiophene rings is 1. The van der Waals surface area contributed by atoms with Crippen LogP contribution in [0.2, 0.25) is 0 Å². The summed E-state index contributed by atoms with van der Waals surface area (Å²) in [5.41, 5.74) is 3.59. The van der Waals surface area contributed by atoms with Crippen molar-refractivity contribution in [3.05, 3.63) is 57.7 Å². The Balaban J connectivity index is 1.42. The predicted octanol–water partition coefficient (Wildman–Crippen LogP) is 4.67. The van der Waals surface area contributed by atoms with Crippen molar-refractivity contribution in [2.75, 3.05) is 29.9 Å². The highest BCUT2D eigenvalue weighted by Crippen LogP contribution is 2.26. The summed E-state index contributed by atoms with van der Waals surface area (Å²) >= 11 is 5.15. The van der Waals surface area contributed by atoms with E-state index in [9.17, 15) is 4.79 Å². The normalized spacial score (nSPS) is 15.1. The van der Waals surface area contributed by atoms with Crippen LogP contribution < -0.4 is 5.32 Å². The standard InChI is InChI=1S/C19H19N3OS3/c23-18(17-13-26-19(21-17)15-4-7-25-12-15)20-16-3-1-2-14(10-16)11-22-5-8-24-9-6-22/h1-4,7,10,12-13H,5-6,8-9,11H2,(H,20,23). The van der Waals surface area contributed by atoms with Crippen molar-refractivity contribution in [2.24, 2.45) is 0 Å². The molecule has 0 radical (unpaired) electrons. The van der Waals surface area contributed by atoms with E-state index in [-0.39, 0.29) is 5.91 Å². The highest BCUT2D eigenvalue weighted by atomic mass is 32.2. The number of rotatable bonds is 5. The van der Waals surface area contributed by atoms with Gasteiger partial charge >= 0.3 is 0 Å². The second-order valence-corrected chi connectivity index (χ2v) is 8.96. The fourth-order valence-electron chi connectivity index (χ4n) is 2.86. The van der Waals surface area contributed by atoms with E-state index in [0.717, 1.165) is 35.9 Å². The van der Waals surface area contributed by atoms with E-state index in [1.807, 2.05) is 46.1 Å². The van der Waals surface area contributed by atoms with E-state index in [1.165, 1.54) is 28.4 Å². The molecule has 1 saturated heterocycles.